The van der Waals surface area contributed by atoms with Crippen LogP contribution in [-0.4, -0.2) is 89.0 Å². The maximum Gasteiger partial charge on any atom is 0.326 e. The topological polar surface area (TPSA) is 321 Å². The molecule has 4 atom stereocenters. The Labute approximate surface area is 219 Å². The standard InChI is InChI=1S/C21H39N9O8/c22-8-2-1-4-11(23)17(34)30-14(10-16(32)33)19(36)28-12(5-3-9-27-21(25)26)18(35)29-13(20(37)38)6-7-15(24)31/h11-14H,1-10,22-23H2,(H2,24,31)(H,28,36)(H,29,35)(H,30,34)(H,32,33)(H,37,38)(H4,25,26,27). The van der Waals surface area contributed by atoms with Crippen molar-refractivity contribution in [2.75, 3.05) is 13.1 Å². The molecule has 0 aliphatic rings. The van der Waals surface area contributed by atoms with Gasteiger partial charge in [-0.05, 0) is 38.6 Å². The lowest BCUT2D eigenvalue weighted by Gasteiger charge is -2.24. The number of hydrogen-bond acceptors (Lipinski definition) is 9. The van der Waals surface area contributed by atoms with Gasteiger partial charge >= 0.3 is 11.9 Å². The zero-order valence-electron chi connectivity index (χ0n) is 21.1. The fourth-order valence-electron chi connectivity index (χ4n) is 3.16. The Kier molecular flexibility index (Phi) is 16.4. The predicted molar refractivity (Wildman–Crippen MR) is 135 cm³/mol. The molecule has 0 spiro atoms. The van der Waals surface area contributed by atoms with Gasteiger partial charge in [0, 0.05) is 13.0 Å². The summed E-state index contributed by atoms with van der Waals surface area (Å²) in [5, 5.41) is 25.4. The van der Waals surface area contributed by atoms with E-state index in [1.807, 2.05) is 0 Å². The van der Waals surface area contributed by atoms with Crippen LogP contribution < -0.4 is 44.6 Å². The molecule has 38 heavy (non-hydrogen) atoms. The number of unbranched alkanes of at least 4 members (excludes halogenated alkanes) is 1. The number of rotatable bonds is 20. The SMILES string of the molecule is NCCCCC(N)C(=O)NC(CC(=O)O)C(=O)NC(CCCN=C(N)N)C(=O)NC(CCC(N)=O)C(=O)O. The van der Waals surface area contributed by atoms with Gasteiger partial charge in [0.2, 0.25) is 23.6 Å². The third-order valence-corrected chi connectivity index (χ3v) is 5.19. The second-order valence-corrected chi connectivity index (χ2v) is 8.46. The normalized spacial score (nSPS) is 13.7. The molecule has 0 radical (unpaired) electrons. The molecule has 0 fully saturated rings. The number of hydrogen-bond donors (Lipinski definition) is 10. The van der Waals surface area contributed by atoms with Gasteiger partial charge in [-0.1, -0.05) is 6.42 Å². The summed E-state index contributed by atoms with van der Waals surface area (Å²) < 4.78 is 0. The average Bonchev–Trinajstić information content (AvgIpc) is 2.82. The van der Waals surface area contributed by atoms with E-state index in [9.17, 15) is 39.0 Å². The van der Waals surface area contributed by atoms with E-state index in [0.717, 1.165) is 0 Å². The first-order valence-corrected chi connectivity index (χ1v) is 11.9. The molecule has 0 aliphatic heterocycles. The van der Waals surface area contributed by atoms with Crippen molar-refractivity contribution < 1.29 is 39.0 Å². The van der Waals surface area contributed by atoms with E-state index >= 15 is 0 Å². The van der Waals surface area contributed by atoms with Gasteiger partial charge in [-0.2, -0.15) is 0 Å². The highest BCUT2D eigenvalue weighted by Crippen LogP contribution is 2.06. The molecule has 0 saturated carbocycles. The van der Waals surface area contributed by atoms with E-state index in [1.54, 1.807) is 0 Å². The van der Waals surface area contributed by atoms with Crippen molar-refractivity contribution in [3.05, 3.63) is 0 Å². The lowest BCUT2D eigenvalue weighted by Crippen LogP contribution is -2.57. The van der Waals surface area contributed by atoms with E-state index in [0.29, 0.717) is 19.4 Å². The second kappa shape index (κ2) is 18.3. The number of amides is 4. The van der Waals surface area contributed by atoms with E-state index in [4.69, 9.17) is 28.7 Å². The van der Waals surface area contributed by atoms with Crippen LogP contribution in [0.25, 0.3) is 0 Å². The van der Waals surface area contributed by atoms with E-state index in [-0.39, 0.29) is 44.6 Å². The largest absolute Gasteiger partial charge is 0.481 e. The average molecular weight is 546 g/mol. The van der Waals surface area contributed by atoms with Gasteiger partial charge in [0.05, 0.1) is 12.5 Å². The Morgan fingerprint density at radius 1 is 0.737 bits per heavy atom. The van der Waals surface area contributed by atoms with Crippen LogP contribution in [-0.2, 0) is 28.8 Å². The minimum absolute atomic E-state index is 0.0684. The fourth-order valence-corrected chi connectivity index (χ4v) is 3.16. The number of carboxylic acid groups (broad SMARTS) is 2. The number of nitrogens with one attached hydrogen (secondary N) is 3. The van der Waals surface area contributed by atoms with Crippen molar-refractivity contribution in [3.63, 3.8) is 0 Å². The third kappa shape index (κ3) is 15.2. The molecule has 0 aromatic carbocycles. The molecule has 0 rings (SSSR count). The van der Waals surface area contributed by atoms with Crippen molar-refractivity contribution >= 4 is 41.5 Å². The number of carbonyl (C=O) groups is 6. The lowest BCUT2D eigenvalue weighted by molar-refractivity contribution is -0.143. The number of aliphatic carboxylic acids is 2. The Morgan fingerprint density at radius 3 is 1.84 bits per heavy atom. The molecule has 216 valence electrons. The summed E-state index contributed by atoms with van der Waals surface area (Å²) in [5.74, 6) is -6.55. The van der Waals surface area contributed by atoms with Crippen molar-refractivity contribution in [3.8, 4) is 0 Å². The highest BCUT2D eigenvalue weighted by molar-refractivity contribution is 5.95. The summed E-state index contributed by atoms with van der Waals surface area (Å²) in [6, 6.07) is -5.46. The van der Waals surface area contributed by atoms with E-state index in [1.165, 1.54) is 0 Å². The molecule has 0 aromatic rings. The number of primary amides is 1. The molecule has 0 bridgehead atoms. The number of guanidine groups is 1. The van der Waals surface area contributed by atoms with Crippen LogP contribution in [0.4, 0.5) is 0 Å². The minimum atomic E-state index is -1.58. The summed E-state index contributed by atoms with van der Waals surface area (Å²) in [5.41, 5.74) is 26.8. The van der Waals surface area contributed by atoms with Gasteiger partial charge in [0.15, 0.2) is 5.96 Å². The van der Waals surface area contributed by atoms with Crippen LogP contribution in [0.5, 0.6) is 0 Å². The van der Waals surface area contributed by atoms with Crippen LogP contribution in [0.3, 0.4) is 0 Å². The smallest absolute Gasteiger partial charge is 0.326 e. The summed E-state index contributed by atoms with van der Waals surface area (Å²) >= 11 is 0. The van der Waals surface area contributed by atoms with Crippen LogP contribution in [0.1, 0.15) is 51.4 Å². The highest BCUT2D eigenvalue weighted by atomic mass is 16.4. The molecular weight excluding hydrogens is 506 g/mol. The number of carbonyl (C=O) groups excluding carboxylic acids is 4. The summed E-state index contributed by atoms with van der Waals surface area (Å²) in [6.07, 6.45) is 0.0583. The summed E-state index contributed by atoms with van der Waals surface area (Å²) in [7, 11) is 0. The number of aliphatic imine (C=N–C) groups is 1. The molecule has 17 nitrogen and oxygen atoms in total. The predicted octanol–water partition coefficient (Wildman–Crippen LogP) is -4.22. The molecular formula is C21H39N9O8. The first kappa shape index (κ1) is 34.0. The maximum atomic E-state index is 12.9. The summed E-state index contributed by atoms with van der Waals surface area (Å²) in [6.45, 7) is 0.468. The van der Waals surface area contributed by atoms with Crippen molar-refractivity contribution in [1.82, 2.24) is 16.0 Å². The van der Waals surface area contributed by atoms with Gasteiger partial charge in [-0.25, -0.2) is 4.79 Å². The minimum Gasteiger partial charge on any atom is -0.481 e. The van der Waals surface area contributed by atoms with Gasteiger partial charge < -0.3 is 54.8 Å². The Bertz CT molecular complexity index is 864. The van der Waals surface area contributed by atoms with Crippen LogP contribution >= 0.6 is 0 Å². The quantitative estimate of drug-likeness (QED) is 0.0395. The molecule has 0 saturated heterocycles. The van der Waals surface area contributed by atoms with Crippen LogP contribution in [0.15, 0.2) is 4.99 Å². The molecule has 17 heteroatoms. The number of carboxylic acids is 2. The maximum absolute atomic E-state index is 12.9. The van der Waals surface area contributed by atoms with Crippen molar-refractivity contribution in [2.45, 2.75) is 75.5 Å². The monoisotopic (exact) mass is 545 g/mol. The van der Waals surface area contributed by atoms with Crippen LogP contribution in [0.2, 0.25) is 0 Å². The van der Waals surface area contributed by atoms with Crippen molar-refractivity contribution in [1.29, 1.82) is 0 Å². The fraction of sp³-hybridized carbons (Fsp3) is 0.667. The van der Waals surface area contributed by atoms with Gasteiger partial charge in [0.25, 0.3) is 0 Å². The molecule has 4 amide bonds. The highest BCUT2D eigenvalue weighted by Gasteiger charge is 2.31. The molecule has 15 N–H and O–H groups in total. The lowest BCUT2D eigenvalue weighted by atomic mass is 10.1. The number of nitrogens with zero attached hydrogens (tertiary/aromatic N) is 1. The first-order valence-electron chi connectivity index (χ1n) is 11.9. The zero-order chi connectivity index (χ0) is 29.3. The molecule has 4 unspecified atom stereocenters. The van der Waals surface area contributed by atoms with Crippen LogP contribution in [0, 0.1) is 0 Å². The number of nitrogens with two attached hydrogens (primary N) is 5. The van der Waals surface area contributed by atoms with E-state index in [2.05, 4.69) is 20.9 Å². The third-order valence-electron chi connectivity index (χ3n) is 5.19. The molecule has 0 heterocycles. The Balaban J connectivity index is 5.62. The molecule has 0 aromatic heterocycles. The van der Waals surface area contributed by atoms with Gasteiger partial charge in [-0.3, -0.25) is 29.0 Å². The van der Waals surface area contributed by atoms with Crippen molar-refractivity contribution in [2.24, 2.45) is 33.7 Å². The second-order valence-electron chi connectivity index (χ2n) is 8.46. The zero-order valence-corrected chi connectivity index (χ0v) is 21.1. The first-order chi connectivity index (χ1) is 17.8. The molecule has 0 aliphatic carbocycles. The Morgan fingerprint density at radius 2 is 1.32 bits per heavy atom. The van der Waals surface area contributed by atoms with Gasteiger partial charge in [-0.15, -0.1) is 0 Å². The van der Waals surface area contributed by atoms with Gasteiger partial charge in [0.1, 0.15) is 18.1 Å². The summed E-state index contributed by atoms with van der Waals surface area (Å²) in [4.78, 5) is 75.8. The Hall–Kier alpha value is -3.99. The van der Waals surface area contributed by atoms with E-state index < -0.39 is 66.2 Å².